The van der Waals surface area contributed by atoms with E-state index in [1.807, 2.05) is 13.0 Å². The Hall–Kier alpha value is -1.62. The molecule has 1 aromatic rings. The lowest BCUT2D eigenvalue weighted by molar-refractivity contribution is -0.120. The van der Waals surface area contributed by atoms with Gasteiger partial charge in [-0.2, -0.15) is 0 Å². The molecule has 0 radical (unpaired) electrons. The predicted molar refractivity (Wildman–Crippen MR) is 78.4 cm³/mol. The van der Waals surface area contributed by atoms with Gasteiger partial charge in [-0.3, -0.25) is 4.79 Å². The number of likely N-dealkylation sites (N-methyl/N-ethyl adjacent to an activating group) is 1. The second-order valence-electron chi connectivity index (χ2n) is 5.31. The summed E-state index contributed by atoms with van der Waals surface area (Å²) in [5.74, 6) is -0.183. The van der Waals surface area contributed by atoms with E-state index in [4.69, 9.17) is 0 Å². The van der Waals surface area contributed by atoms with Gasteiger partial charge >= 0.3 is 0 Å². The fourth-order valence-corrected chi connectivity index (χ4v) is 2.73. The summed E-state index contributed by atoms with van der Waals surface area (Å²) in [6.07, 6.45) is 2.02. The first kappa shape index (κ1) is 14.8. The minimum Gasteiger partial charge on any atom is -0.369 e. The van der Waals surface area contributed by atoms with Gasteiger partial charge in [-0.05, 0) is 50.6 Å². The molecule has 110 valence electrons. The monoisotopic (exact) mass is 279 g/mol. The molecule has 0 saturated carbocycles. The maximum Gasteiger partial charge on any atom is 0.234 e. The summed E-state index contributed by atoms with van der Waals surface area (Å²) in [5, 5.41) is 5.88. The first-order chi connectivity index (χ1) is 9.60. The van der Waals surface area contributed by atoms with Gasteiger partial charge in [0.05, 0.1) is 6.54 Å². The molecule has 5 heteroatoms. The van der Waals surface area contributed by atoms with E-state index < -0.39 is 0 Å². The molecule has 2 N–H and O–H groups in total. The van der Waals surface area contributed by atoms with E-state index in [0.717, 1.165) is 37.2 Å². The summed E-state index contributed by atoms with van der Waals surface area (Å²) >= 11 is 0. The Labute approximate surface area is 119 Å². The summed E-state index contributed by atoms with van der Waals surface area (Å²) < 4.78 is 13.2. The van der Waals surface area contributed by atoms with Crippen molar-refractivity contribution in [2.24, 2.45) is 0 Å². The van der Waals surface area contributed by atoms with Gasteiger partial charge in [-0.15, -0.1) is 0 Å². The van der Waals surface area contributed by atoms with E-state index in [-0.39, 0.29) is 17.8 Å². The Morgan fingerprint density at radius 1 is 1.50 bits per heavy atom. The van der Waals surface area contributed by atoms with Gasteiger partial charge in [0.25, 0.3) is 0 Å². The third kappa shape index (κ3) is 3.70. The molecule has 1 saturated heterocycles. The number of anilines is 1. The third-order valence-corrected chi connectivity index (χ3v) is 3.62. The first-order valence-corrected chi connectivity index (χ1v) is 7.05. The number of rotatable bonds is 4. The van der Waals surface area contributed by atoms with E-state index in [1.165, 1.54) is 6.07 Å². The number of piperidine rings is 1. The van der Waals surface area contributed by atoms with E-state index in [1.54, 1.807) is 13.1 Å². The van der Waals surface area contributed by atoms with Crippen LogP contribution < -0.4 is 15.5 Å². The van der Waals surface area contributed by atoms with Crippen molar-refractivity contribution < 1.29 is 9.18 Å². The zero-order chi connectivity index (χ0) is 14.5. The van der Waals surface area contributed by atoms with Gasteiger partial charge < -0.3 is 15.5 Å². The largest absolute Gasteiger partial charge is 0.369 e. The summed E-state index contributed by atoms with van der Waals surface area (Å²) in [7, 11) is 1.76. The van der Waals surface area contributed by atoms with Crippen LogP contribution in [0, 0.1) is 12.7 Å². The molecule has 4 nitrogen and oxygen atoms in total. The zero-order valence-electron chi connectivity index (χ0n) is 12.1. The minimum absolute atomic E-state index is 0.0233. The number of halogens is 1. The fourth-order valence-electron chi connectivity index (χ4n) is 2.73. The van der Waals surface area contributed by atoms with E-state index in [0.29, 0.717) is 6.54 Å². The van der Waals surface area contributed by atoms with Crippen LogP contribution in [0.5, 0.6) is 0 Å². The smallest absolute Gasteiger partial charge is 0.234 e. The van der Waals surface area contributed by atoms with E-state index >= 15 is 0 Å². The summed E-state index contributed by atoms with van der Waals surface area (Å²) in [5.41, 5.74) is 1.99. The highest BCUT2D eigenvalue weighted by Gasteiger charge is 2.22. The van der Waals surface area contributed by atoms with Crippen molar-refractivity contribution in [3.63, 3.8) is 0 Å². The second kappa shape index (κ2) is 6.70. The molecule has 1 unspecified atom stereocenters. The lowest BCUT2D eigenvalue weighted by atomic mass is 10.0. The van der Waals surface area contributed by atoms with Gasteiger partial charge in [0.1, 0.15) is 5.82 Å². The van der Waals surface area contributed by atoms with Crippen molar-refractivity contribution >= 4 is 11.6 Å². The number of aryl methyl sites for hydroxylation is 1. The number of carbonyl (C=O) groups excluding carboxylic acids is 1. The van der Waals surface area contributed by atoms with Crippen LogP contribution in [0.15, 0.2) is 18.2 Å². The van der Waals surface area contributed by atoms with Crippen molar-refractivity contribution in [2.75, 3.05) is 31.6 Å². The standard InChI is InChI=1S/C15H22FN3O/c1-11-8-12(16)5-6-14(11)19-7-3-4-13(10-19)18-15(20)9-17-2/h5-6,8,13,17H,3-4,7,9-10H2,1-2H3,(H,18,20). The normalized spacial score (nSPS) is 18.9. The average Bonchev–Trinajstić information content (AvgIpc) is 2.39. The highest BCUT2D eigenvalue weighted by atomic mass is 19.1. The summed E-state index contributed by atoms with van der Waals surface area (Å²) in [6.45, 7) is 3.99. The van der Waals surface area contributed by atoms with Gasteiger partial charge in [0, 0.05) is 24.8 Å². The van der Waals surface area contributed by atoms with Crippen molar-refractivity contribution in [2.45, 2.75) is 25.8 Å². The molecule has 1 fully saturated rings. The number of hydrogen-bond donors (Lipinski definition) is 2. The van der Waals surface area contributed by atoms with Crippen LogP contribution in [0.2, 0.25) is 0 Å². The molecule has 1 aliphatic rings. The van der Waals surface area contributed by atoms with Crippen LogP contribution >= 0.6 is 0 Å². The van der Waals surface area contributed by atoms with Crippen LogP contribution in [0.4, 0.5) is 10.1 Å². The molecule has 0 aliphatic carbocycles. The molecular weight excluding hydrogens is 257 g/mol. The molecule has 20 heavy (non-hydrogen) atoms. The Kier molecular flexibility index (Phi) is 4.95. The maximum atomic E-state index is 13.2. The molecule has 1 atom stereocenters. The SMILES string of the molecule is CNCC(=O)NC1CCCN(c2ccc(F)cc2C)C1. The Morgan fingerprint density at radius 3 is 3.00 bits per heavy atom. The van der Waals surface area contributed by atoms with Gasteiger partial charge in [-0.1, -0.05) is 0 Å². The molecule has 0 aromatic heterocycles. The van der Waals surface area contributed by atoms with Crippen LogP contribution in [0.25, 0.3) is 0 Å². The lowest BCUT2D eigenvalue weighted by Gasteiger charge is -2.35. The van der Waals surface area contributed by atoms with Crippen LogP contribution in [0.1, 0.15) is 18.4 Å². The molecule has 0 spiro atoms. The zero-order valence-corrected chi connectivity index (χ0v) is 12.1. The highest BCUT2D eigenvalue weighted by molar-refractivity contribution is 5.78. The van der Waals surface area contributed by atoms with Gasteiger partial charge in [0.2, 0.25) is 5.91 Å². The molecule has 1 heterocycles. The minimum atomic E-state index is -0.206. The second-order valence-corrected chi connectivity index (χ2v) is 5.31. The Bertz CT molecular complexity index is 478. The summed E-state index contributed by atoms with van der Waals surface area (Å²) in [4.78, 5) is 13.8. The Morgan fingerprint density at radius 2 is 2.30 bits per heavy atom. The number of benzene rings is 1. The Balaban J connectivity index is 2.01. The number of nitrogens with zero attached hydrogens (tertiary/aromatic N) is 1. The molecule has 0 bridgehead atoms. The van der Waals surface area contributed by atoms with Crippen molar-refractivity contribution in [1.82, 2.24) is 10.6 Å². The average molecular weight is 279 g/mol. The van der Waals surface area contributed by atoms with E-state index in [9.17, 15) is 9.18 Å². The number of hydrogen-bond acceptors (Lipinski definition) is 3. The molecule has 1 aliphatic heterocycles. The highest BCUT2D eigenvalue weighted by Crippen LogP contribution is 2.24. The van der Waals surface area contributed by atoms with Crippen molar-refractivity contribution in [1.29, 1.82) is 0 Å². The lowest BCUT2D eigenvalue weighted by Crippen LogP contribution is -2.49. The molecule has 1 aromatic carbocycles. The quantitative estimate of drug-likeness (QED) is 0.876. The molecule has 2 rings (SSSR count). The van der Waals surface area contributed by atoms with Gasteiger partial charge in [-0.25, -0.2) is 4.39 Å². The van der Waals surface area contributed by atoms with Crippen LogP contribution in [0.3, 0.4) is 0 Å². The van der Waals surface area contributed by atoms with Crippen molar-refractivity contribution in [3.8, 4) is 0 Å². The topological polar surface area (TPSA) is 44.4 Å². The number of carbonyl (C=O) groups is 1. The molecule has 1 amide bonds. The van der Waals surface area contributed by atoms with Crippen LogP contribution in [-0.4, -0.2) is 38.6 Å². The molecular formula is C15H22FN3O. The van der Waals surface area contributed by atoms with Crippen LogP contribution in [-0.2, 0) is 4.79 Å². The maximum absolute atomic E-state index is 13.2. The van der Waals surface area contributed by atoms with Crippen molar-refractivity contribution in [3.05, 3.63) is 29.6 Å². The van der Waals surface area contributed by atoms with E-state index in [2.05, 4.69) is 15.5 Å². The summed E-state index contributed by atoms with van der Waals surface area (Å²) in [6, 6.07) is 5.03. The predicted octanol–water partition coefficient (Wildman–Crippen LogP) is 1.44. The number of amides is 1. The number of nitrogens with one attached hydrogen (secondary N) is 2. The van der Waals surface area contributed by atoms with Gasteiger partial charge in [0.15, 0.2) is 0 Å². The fraction of sp³-hybridized carbons (Fsp3) is 0.533. The third-order valence-electron chi connectivity index (χ3n) is 3.62. The first-order valence-electron chi connectivity index (χ1n) is 7.05.